The molecule has 170 valence electrons. The van der Waals surface area contributed by atoms with Gasteiger partial charge in [0.2, 0.25) is 17.7 Å². The fourth-order valence-electron chi connectivity index (χ4n) is 3.59. The number of benzene rings is 2. The molecule has 0 bridgehead atoms. The van der Waals surface area contributed by atoms with Crippen molar-refractivity contribution < 1.29 is 19.1 Å². The first-order valence-corrected chi connectivity index (χ1v) is 11.0. The van der Waals surface area contributed by atoms with Crippen LogP contribution in [0.2, 0.25) is 0 Å². The summed E-state index contributed by atoms with van der Waals surface area (Å²) in [7, 11) is 0. The van der Waals surface area contributed by atoms with Gasteiger partial charge in [-0.05, 0) is 49.7 Å². The Bertz CT molecular complexity index is 1130. The van der Waals surface area contributed by atoms with Crippen molar-refractivity contribution in [1.29, 1.82) is 0 Å². The molecule has 33 heavy (non-hydrogen) atoms. The van der Waals surface area contributed by atoms with E-state index < -0.39 is 0 Å². The summed E-state index contributed by atoms with van der Waals surface area (Å²) in [6.45, 7) is 4.71. The van der Waals surface area contributed by atoms with Gasteiger partial charge in [0.05, 0.1) is 12.6 Å². The second kappa shape index (κ2) is 10.2. The van der Waals surface area contributed by atoms with Crippen molar-refractivity contribution in [1.82, 2.24) is 10.3 Å². The van der Waals surface area contributed by atoms with Crippen molar-refractivity contribution in [2.75, 3.05) is 4.90 Å². The van der Waals surface area contributed by atoms with Crippen molar-refractivity contribution in [3.8, 4) is 17.4 Å². The van der Waals surface area contributed by atoms with E-state index in [4.69, 9.17) is 9.47 Å². The van der Waals surface area contributed by atoms with E-state index >= 15 is 0 Å². The molecule has 4 rings (SSSR count). The van der Waals surface area contributed by atoms with E-state index in [9.17, 15) is 9.59 Å². The van der Waals surface area contributed by atoms with Gasteiger partial charge in [-0.1, -0.05) is 30.3 Å². The topological polar surface area (TPSA) is 80.8 Å². The number of para-hydroxylation sites is 1. The number of nitrogens with zero attached hydrogens (tertiary/aromatic N) is 2. The maximum atomic E-state index is 13.1. The summed E-state index contributed by atoms with van der Waals surface area (Å²) in [5.74, 6) is 1.52. The number of anilines is 1. The van der Waals surface area contributed by atoms with Crippen molar-refractivity contribution in [2.24, 2.45) is 0 Å². The van der Waals surface area contributed by atoms with Gasteiger partial charge in [-0.25, -0.2) is 4.98 Å². The number of hydrogen-bond acceptors (Lipinski definition) is 5. The molecule has 2 aromatic carbocycles. The van der Waals surface area contributed by atoms with E-state index in [1.54, 1.807) is 23.2 Å². The summed E-state index contributed by atoms with van der Waals surface area (Å²) >= 11 is 0. The zero-order chi connectivity index (χ0) is 23.2. The molecule has 3 aromatic rings. The highest BCUT2D eigenvalue weighted by molar-refractivity contribution is 5.96. The van der Waals surface area contributed by atoms with E-state index in [2.05, 4.69) is 10.3 Å². The molecule has 0 aliphatic carbocycles. The lowest BCUT2D eigenvalue weighted by Gasteiger charge is -2.21. The zero-order valence-corrected chi connectivity index (χ0v) is 18.8. The van der Waals surface area contributed by atoms with Gasteiger partial charge in [0.15, 0.2) is 0 Å². The molecule has 1 aromatic heterocycles. The van der Waals surface area contributed by atoms with Crippen molar-refractivity contribution in [3.05, 3.63) is 78.0 Å². The Labute approximate surface area is 193 Å². The van der Waals surface area contributed by atoms with E-state index in [0.717, 1.165) is 16.9 Å². The number of rotatable bonds is 7. The molecule has 7 nitrogen and oxygen atoms in total. The summed E-state index contributed by atoms with van der Waals surface area (Å²) in [6.07, 6.45) is 1.93. The van der Waals surface area contributed by atoms with Crippen LogP contribution in [0.3, 0.4) is 0 Å². The highest BCUT2D eigenvalue weighted by Gasteiger charge is 2.26. The van der Waals surface area contributed by atoms with Crippen LogP contribution >= 0.6 is 0 Å². The van der Waals surface area contributed by atoms with Crippen LogP contribution in [0.1, 0.15) is 37.8 Å². The quantitative estimate of drug-likeness (QED) is 0.575. The Morgan fingerprint density at radius 3 is 2.64 bits per heavy atom. The van der Waals surface area contributed by atoms with Gasteiger partial charge in [0, 0.05) is 31.1 Å². The number of aromatic nitrogens is 1. The molecule has 0 saturated carbocycles. The number of carbonyl (C=O) groups excluding carboxylic acids is 2. The molecule has 1 aliphatic heterocycles. The molecule has 0 spiro atoms. The van der Waals surface area contributed by atoms with Crippen LogP contribution in [0.15, 0.2) is 66.9 Å². The van der Waals surface area contributed by atoms with Crippen molar-refractivity contribution in [3.63, 3.8) is 0 Å². The molecular formula is C26H27N3O4. The van der Waals surface area contributed by atoms with Crippen LogP contribution in [-0.2, 0) is 22.7 Å². The highest BCUT2D eigenvalue weighted by Crippen LogP contribution is 2.37. The minimum atomic E-state index is -0.177. The maximum absolute atomic E-state index is 13.1. The zero-order valence-electron chi connectivity index (χ0n) is 18.8. The molecule has 0 atom stereocenters. The fourth-order valence-corrected chi connectivity index (χ4v) is 3.59. The van der Waals surface area contributed by atoms with Gasteiger partial charge in [-0.2, -0.15) is 0 Å². The van der Waals surface area contributed by atoms with Crippen LogP contribution in [0.4, 0.5) is 5.69 Å². The van der Waals surface area contributed by atoms with Gasteiger partial charge in [0.25, 0.3) is 0 Å². The minimum absolute atomic E-state index is 0.0868. The van der Waals surface area contributed by atoms with E-state index in [1.807, 2.05) is 62.4 Å². The molecule has 0 unspecified atom stereocenters. The predicted molar refractivity (Wildman–Crippen MR) is 125 cm³/mol. The number of ether oxygens (including phenoxy) is 2. The molecule has 1 N–H and O–H groups in total. The smallest absolute Gasteiger partial charge is 0.243 e. The van der Waals surface area contributed by atoms with Crippen LogP contribution in [-0.4, -0.2) is 22.9 Å². The van der Waals surface area contributed by atoms with E-state index in [1.165, 1.54) is 0 Å². The molecule has 0 saturated heterocycles. The Morgan fingerprint density at radius 1 is 1.06 bits per heavy atom. The Kier molecular flexibility index (Phi) is 6.88. The van der Waals surface area contributed by atoms with E-state index in [0.29, 0.717) is 30.4 Å². The average molecular weight is 446 g/mol. The molecular weight excluding hydrogens is 418 g/mol. The van der Waals surface area contributed by atoms with Gasteiger partial charge in [-0.3, -0.25) is 9.59 Å². The van der Waals surface area contributed by atoms with Gasteiger partial charge in [-0.15, -0.1) is 0 Å². The van der Waals surface area contributed by atoms with Gasteiger partial charge < -0.3 is 19.7 Å². The molecule has 2 amide bonds. The average Bonchev–Trinajstić information content (AvgIpc) is 2.98. The summed E-state index contributed by atoms with van der Waals surface area (Å²) in [5, 5.41) is 2.88. The molecule has 0 fully saturated rings. The van der Waals surface area contributed by atoms with Crippen LogP contribution < -0.4 is 19.7 Å². The van der Waals surface area contributed by atoms with Crippen LogP contribution in [0.25, 0.3) is 0 Å². The highest BCUT2D eigenvalue weighted by atomic mass is 16.5. The fraction of sp³-hybridized carbons (Fsp3) is 0.269. The number of pyridine rings is 1. The van der Waals surface area contributed by atoms with E-state index in [-0.39, 0.29) is 30.8 Å². The number of carbonyl (C=O) groups is 2. The third kappa shape index (κ3) is 5.68. The molecule has 2 heterocycles. The van der Waals surface area contributed by atoms with Gasteiger partial charge >= 0.3 is 0 Å². The Morgan fingerprint density at radius 2 is 1.85 bits per heavy atom. The van der Waals surface area contributed by atoms with Gasteiger partial charge in [0.1, 0.15) is 17.2 Å². The third-order valence-corrected chi connectivity index (χ3v) is 5.20. The summed E-state index contributed by atoms with van der Waals surface area (Å²) in [4.78, 5) is 31.4. The lowest BCUT2D eigenvalue weighted by Crippen LogP contribution is -2.31. The maximum Gasteiger partial charge on any atom is 0.243 e. The Hall–Kier alpha value is -3.87. The summed E-state index contributed by atoms with van der Waals surface area (Å²) in [6, 6.07) is 18.7. The predicted octanol–water partition coefficient (Wildman–Crippen LogP) is 4.60. The SMILES string of the molecule is CC(C)Oc1ccc(CNC(=O)CCC(=O)N2Cc3ccccc3Oc3ncccc32)cc1. The largest absolute Gasteiger partial charge is 0.491 e. The first-order valence-electron chi connectivity index (χ1n) is 11.0. The second-order valence-electron chi connectivity index (χ2n) is 8.10. The summed E-state index contributed by atoms with van der Waals surface area (Å²) < 4.78 is 11.6. The van der Waals surface area contributed by atoms with Crippen molar-refractivity contribution in [2.45, 2.75) is 45.9 Å². The normalized spacial score (nSPS) is 12.3. The standard InChI is InChI=1S/C26H27N3O4/c1-18(2)32-21-11-9-19(10-12-21)16-28-24(30)13-14-25(31)29-17-20-6-3-4-8-23(20)33-26-22(29)7-5-15-27-26/h3-12,15,18H,13-14,16-17H2,1-2H3,(H,28,30). The molecule has 1 aliphatic rings. The first kappa shape index (κ1) is 22.3. The van der Waals surface area contributed by atoms with Crippen LogP contribution in [0, 0.1) is 0 Å². The first-order chi connectivity index (χ1) is 16.0. The lowest BCUT2D eigenvalue weighted by molar-refractivity contribution is -0.125. The molecule has 7 heteroatoms. The lowest BCUT2D eigenvalue weighted by atomic mass is 10.1. The Balaban J connectivity index is 1.35. The number of nitrogens with one attached hydrogen (secondary N) is 1. The van der Waals surface area contributed by atoms with Crippen molar-refractivity contribution >= 4 is 17.5 Å². The number of hydrogen-bond donors (Lipinski definition) is 1. The third-order valence-electron chi connectivity index (χ3n) is 5.20. The minimum Gasteiger partial charge on any atom is -0.491 e. The van der Waals surface area contributed by atoms with Crippen LogP contribution in [0.5, 0.6) is 17.4 Å². The molecule has 0 radical (unpaired) electrons. The second-order valence-corrected chi connectivity index (χ2v) is 8.10. The monoisotopic (exact) mass is 445 g/mol. The number of fused-ring (bicyclic) bond motifs is 2. The summed E-state index contributed by atoms with van der Waals surface area (Å²) in [5.41, 5.74) is 2.45. The number of amides is 2.